The standard InChI is InChI=1S/C27H21N3O2/c28-23-8-10-24(11-9-23)30(27(31)26-17-22-5-1-2-7-25(22)32-26)18-19-4-3-6-21(16-19)20-12-14-29-15-13-20/h1-17H,18,28H2. The summed E-state index contributed by atoms with van der Waals surface area (Å²) in [4.78, 5) is 19.4. The lowest BCUT2D eigenvalue weighted by Crippen LogP contribution is -2.30. The van der Waals surface area contributed by atoms with Crippen LogP contribution in [0.3, 0.4) is 0 Å². The Kier molecular flexibility index (Phi) is 5.14. The van der Waals surface area contributed by atoms with Crippen molar-refractivity contribution >= 4 is 28.3 Å². The van der Waals surface area contributed by atoms with Crippen molar-refractivity contribution in [3.8, 4) is 11.1 Å². The zero-order valence-electron chi connectivity index (χ0n) is 17.3. The van der Waals surface area contributed by atoms with Crippen LogP contribution in [0.1, 0.15) is 16.1 Å². The fourth-order valence-corrected chi connectivity index (χ4v) is 3.73. The van der Waals surface area contributed by atoms with Crippen LogP contribution in [-0.4, -0.2) is 10.9 Å². The summed E-state index contributed by atoms with van der Waals surface area (Å²) < 4.78 is 5.86. The van der Waals surface area contributed by atoms with E-state index in [0.717, 1.165) is 27.8 Å². The Bertz CT molecular complexity index is 1340. The largest absolute Gasteiger partial charge is 0.451 e. The number of benzene rings is 3. The van der Waals surface area contributed by atoms with Gasteiger partial charge in [-0.15, -0.1) is 0 Å². The summed E-state index contributed by atoms with van der Waals surface area (Å²) in [5, 5.41) is 0.896. The van der Waals surface area contributed by atoms with E-state index in [4.69, 9.17) is 10.2 Å². The van der Waals surface area contributed by atoms with Crippen LogP contribution >= 0.6 is 0 Å². The molecule has 1 amide bonds. The van der Waals surface area contributed by atoms with E-state index >= 15 is 0 Å². The first-order chi connectivity index (χ1) is 15.7. The summed E-state index contributed by atoms with van der Waals surface area (Å²) in [7, 11) is 0. The number of carbonyl (C=O) groups excluding carboxylic acids is 1. The summed E-state index contributed by atoms with van der Waals surface area (Å²) in [6.07, 6.45) is 3.54. The van der Waals surface area contributed by atoms with Gasteiger partial charge in [0.25, 0.3) is 5.91 Å². The fourth-order valence-electron chi connectivity index (χ4n) is 3.73. The SMILES string of the molecule is Nc1ccc(N(Cc2cccc(-c3ccncc3)c2)C(=O)c2cc3ccccc3o2)cc1. The molecule has 0 radical (unpaired) electrons. The minimum Gasteiger partial charge on any atom is -0.451 e. The molecule has 0 aliphatic carbocycles. The van der Waals surface area contributed by atoms with E-state index in [0.29, 0.717) is 23.6 Å². The van der Waals surface area contributed by atoms with Gasteiger partial charge < -0.3 is 15.1 Å². The highest BCUT2D eigenvalue weighted by Gasteiger charge is 2.22. The fraction of sp³-hybridized carbons (Fsp3) is 0.0370. The van der Waals surface area contributed by atoms with E-state index in [1.807, 2.05) is 66.7 Å². The number of fused-ring (bicyclic) bond motifs is 1. The molecule has 0 bridgehead atoms. The van der Waals surface area contributed by atoms with Gasteiger partial charge in [0.2, 0.25) is 0 Å². The van der Waals surface area contributed by atoms with Crippen LogP contribution in [0.25, 0.3) is 22.1 Å². The minimum atomic E-state index is -0.208. The summed E-state index contributed by atoms with van der Waals surface area (Å²) in [5.41, 5.74) is 11.1. The Morgan fingerprint density at radius 1 is 0.844 bits per heavy atom. The van der Waals surface area contributed by atoms with Crippen LogP contribution in [0.4, 0.5) is 11.4 Å². The summed E-state index contributed by atoms with van der Waals surface area (Å²) in [6.45, 7) is 0.388. The summed E-state index contributed by atoms with van der Waals surface area (Å²) >= 11 is 0. The highest BCUT2D eigenvalue weighted by atomic mass is 16.3. The number of nitrogens with zero attached hydrogens (tertiary/aromatic N) is 2. The molecule has 0 saturated carbocycles. The zero-order valence-corrected chi connectivity index (χ0v) is 17.3. The molecule has 5 rings (SSSR count). The van der Waals surface area contributed by atoms with Crippen molar-refractivity contribution in [2.24, 2.45) is 0 Å². The lowest BCUT2D eigenvalue weighted by atomic mass is 10.0. The van der Waals surface area contributed by atoms with Crippen LogP contribution in [-0.2, 0) is 6.54 Å². The molecule has 5 aromatic rings. The molecule has 0 atom stereocenters. The zero-order chi connectivity index (χ0) is 21.9. The summed E-state index contributed by atoms with van der Waals surface area (Å²) in [5.74, 6) is 0.0913. The molecule has 0 spiro atoms. The molecule has 2 aromatic heterocycles. The van der Waals surface area contributed by atoms with Crippen molar-refractivity contribution in [3.05, 3.63) is 115 Å². The second kappa shape index (κ2) is 8.40. The third-order valence-corrected chi connectivity index (χ3v) is 5.37. The minimum absolute atomic E-state index is 0.208. The molecule has 0 aliphatic rings. The van der Waals surface area contributed by atoms with E-state index in [1.54, 1.807) is 35.5 Å². The van der Waals surface area contributed by atoms with Gasteiger partial charge in [0.05, 0.1) is 6.54 Å². The molecule has 2 N–H and O–H groups in total. The molecule has 5 heteroatoms. The number of pyridine rings is 1. The molecule has 0 unspecified atom stereocenters. The number of amides is 1. The Morgan fingerprint density at radius 3 is 2.41 bits per heavy atom. The Hall–Kier alpha value is -4.38. The van der Waals surface area contributed by atoms with Crippen LogP contribution < -0.4 is 10.6 Å². The van der Waals surface area contributed by atoms with Gasteiger partial charge in [-0.05, 0) is 71.3 Å². The molecule has 3 aromatic carbocycles. The maximum absolute atomic E-state index is 13.6. The van der Waals surface area contributed by atoms with Gasteiger partial charge in [0.15, 0.2) is 5.76 Å². The number of para-hydroxylation sites is 1. The molecular formula is C27H21N3O2. The van der Waals surface area contributed by atoms with Gasteiger partial charge in [-0.2, -0.15) is 0 Å². The van der Waals surface area contributed by atoms with E-state index in [9.17, 15) is 4.79 Å². The van der Waals surface area contributed by atoms with Crippen LogP contribution in [0.2, 0.25) is 0 Å². The van der Waals surface area contributed by atoms with Crippen LogP contribution in [0.5, 0.6) is 0 Å². The number of carbonyl (C=O) groups is 1. The number of hydrogen-bond donors (Lipinski definition) is 1. The van der Waals surface area contributed by atoms with E-state index in [-0.39, 0.29) is 5.91 Å². The molecule has 5 nitrogen and oxygen atoms in total. The first-order valence-corrected chi connectivity index (χ1v) is 10.3. The van der Waals surface area contributed by atoms with Gasteiger partial charge in [0.1, 0.15) is 5.58 Å². The van der Waals surface area contributed by atoms with Crippen molar-refractivity contribution in [2.45, 2.75) is 6.54 Å². The number of rotatable bonds is 5. The van der Waals surface area contributed by atoms with Crippen molar-refractivity contribution in [1.29, 1.82) is 0 Å². The van der Waals surface area contributed by atoms with Gasteiger partial charge in [-0.3, -0.25) is 9.78 Å². The molecule has 0 saturated heterocycles. The van der Waals surface area contributed by atoms with E-state index in [2.05, 4.69) is 11.1 Å². The second-order valence-corrected chi connectivity index (χ2v) is 7.57. The van der Waals surface area contributed by atoms with Crippen molar-refractivity contribution < 1.29 is 9.21 Å². The predicted octanol–water partition coefficient (Wildman–Crippen LogP) is 5.92. The first-order valence-electron chi connectivity index (χ1n) is 10.3. The molecule has 0 aliphatic heterocycles. The molecule has 156 valence electrons. The maximum Gasteiger partial charge on any atom is 0.294 e. The summed E-state index contributed by atoms with van der Waals surface area (Å²) in [6, 6.07) is 28.8. The number of hydrogen-bond acceptors (Lipinski definition) is 4. The number of furan rings is 1. The topological polar surface area (TPSA) is 72.4 Å². The Labute approximate surface area is 185 Å². The van der Waals surface area contributed by atoms with Gasteiger partial charge >= 0.3 is 0 Å². The van der Waals surface area contributed by atoms with E-state index in [1.165, 1.54) is 0 Å². The lowest BCUT2D eigenvalue weighted by Gasteiger charge is -2.22. The molecular weight excluding hydrogens is 398 g/mol. The van der Waals surface area contributed by atoms with Crippen molar-refractivity contribution in [1.82, 2.24) is 4.98 Å². The monoisotopic (exact) mass is 419 g/mol. The van der Waals surface area contributed by atoms with E-state index < -0.39 is 0 Å². The van der Waals surface area contributed by atoms with Crippen molar-refractivity contribution in [3.63, 3.8) is 0 Å². The van der Waals surface area contributed by atoms with Crippen LogP contribution in [0.15, 0.2) is 108 Å². The number of aromatic nitrogens is 1. The molecule has 32 heavy (non-hydrogen) atoms. The highest BCUT2D eigenvalue weighted by Crippen LogP contribution is 2.27. The first kappa shape index (κ1) is 19.6. The van der Waals surface area contributed by atoms with Gasteiger partial charge in [-0.1, -0.05) is 36.4 Å². The molecule has 0 fully saturated rings. The van der Waals surface area contributed by atoms with Crippen molar-refractivity contribution in [2.75, 3.05) is 10.6 Å². The quantitative estimate of drug-likeness (QED) is 0.359. The average molecular weight is 419 g/mol. The molecule has 2 heterocycles. The number of nitrogens with two attached hydrogens (primary N) is 1. The predicted molar refractivity (Wildman–Crippen MR) is 127 cm³/mol. The van der Waals surface area contributed by atoms with Crippen LogP contribution in [0, 0.1) is 0 Å². The maximum atomic E-state index is 13.6. The normalized spacial score (nSPS) is 10.9. The van der Waals surface area contributed by atoms with Gasteiger partial charge in [-0.25, -0.2) is 0 Å². The third kappa shape index (κ3) is 3.96. The third-order valence-electron chi connectivity index (χ3n) is 5.37. The second-order valence-electron chi connectivity index (χ2n) is 7.57. The number of anilines is 2. The number of nitrogen functional groups attached to an aromatic ring is 1. The Balaban J connectivity index is 1.52. The lowest BCUT2D eigenvalue weighted by molar-refractivity contribution is 0.0960. The smallest absolute Gasteiger partial charge is 0.294 e. The highest BCUT2D eigenvalue weighted by molar-refractivity contribution is 6.06. The Morgan fingerprint density at radius 2 is 1.62 bits per heavy atom. The van der Waals surface area contributed by atoms with Gasteiger partial charge in [0, 0.05) is 29.2 Å². The average Bonchev–Trinajstić information content (AvgIpc) is 3.28.